The molecule has 150 valence electrons. The van der Waals surface area contributed by atoms with Crippen molar-refractivity contribution in [1.82, 2.24) is 14.9 Å². The molecular weight excluding hydrogens is 355 g/mol. The molecule has 4 rings (SSSR count). The lowest BCUT2D eigenvalue weighted by atomic mass is 10.0. The molecule has 1 saturated heterocycles. The van der Waals surface area contributed by atoms with Crippen LogP contribution in [0.25, 0.3) is 0 Å². The van der Waals surface area contributed by atoms with Crippen LogP contribution in [0, 0.1) is 5.82 Å². The van der Waals surface area contributed by atoms with Crippen LogP contribution in [-0.4, -0.2) is 54.2 Å². The van der Waals surface area contributed by atoms with E-state index in [1.165, 1.54) is 18.9 Å². The molecular formula is C22H29FN4O. The first kappa shape index (κ1) is 19.1. The van der Waals surface area contributed by atoms with E-state index < -0.39 is 0 Å². The number of hydrogen-bond donors (Lipinski definition) is 0. The Morgan fingerprint density at radius 2 is 1.75 bits per heavy atom. The summed E-state index contributed by atoms with van der Waals surface area (Å²) in [6, 6.07) is 7.05. The molecule has 0 unspecified atom stereocenters. The number of aromatic nitrogens is 2. The minimum atomic E-state index is -0.127. The van der Waals surface area contributed by atoms with Gasteiger partial charge in [-0.05, 0) is 57.2 Å². The van der Waals surface area contributed by atoms with Crippen molar-refractivity contribution in [2.75, 3.05) is 44.2 Å². The zero-order valence-electron chi connectivity index (χ0n) is 16.4. The first-order valence-corrected chi connectivity index (χ1v) is 10.5. The molecule has 1 fully saturated rings. The number of ether oxygens (including phenoxy) is 1. The second-order valence-corrected chi connectivity index (χ2v) is 7.64. The van der Waals surface area contributed by atoms with Crippen molar-refractivity contribution in [1.29, 1.82) is 0 Å². The summed E-state index contributed by atoms with van der Waals surface area (Å²) in [5, 5.41) is 0. The highest BCUT2D eigenvalue weighted by molar-refractivity contribution is 5.47. The number of benzene rings is 1. The number of unbranched alkanes of at least 4 members (excludes halogenated alkanes) is 1. The van der Waals surface area contributed by atoms with Crippen molar-refractivity contribution in [2.24, 2.45) is 0 Å². The number of piperazine rings is 1. The van der Waals surface area contributed by atoms with Crippen LogP contribution in [0.2, 0.25) is 0 Å². The lowest BCUT2D eigenvalue weighted by Gasteiger charge is -2.36. The fourth-order valence-corrected chi connectivity index (χ4v) is 4.03. The number of nitrogens with zero attached hydrogens (tertiary/aromatic N) is 4. The van der Waals surface area contributed by atoms with Crippen LogP contribution < -0.4 is 9.64 Å². The number of para-hydroxylation sites is 1. The summed E-state index contributed by atoms with van der Waals surface area (Å²) in [6.07, 6.45) is 8.37. The first-order chi connectivity index (χ1) is 13.8. The van der Waals surface area contributed by atoms with E-state index in [0.717, 1.165) is 75.5 Å². The highest BCUT2D eigenvalue weighted by Crippen LogP contribution is 2.21. The average Bonchev–Trinajstić information content (AvgIpc) is 2.74. The molecule has 2 aliphatic rings. The number of halogens is 1. The zero-order valence-corrected chi connectivity index (χ0v) is 16.4. The Morgan fingerprint density at radius 1 is 0.964 bits per heavy atom. The number of anilines is 1. The molecule has 1 aliphatic carbocycles. The second-order valence-electron chi connectivity index (χ2n) is 7.64. The van der Waals surface area contributed by atoms with Crippen molar-refractivity contribution in [2.45, 2.75) is 38.5 Å². The number of aryl methyl sites for hydroxylation is 2. The monoisotopic (exact) mass is 384 g/mol. The maximum atomic E-state index is 13.9. The fraction of sp³-hybridized carbons (Fsp3) is 0.545. The van der Waals surface area contributed by atoms with E-state index in [-0.39, 0.29) is 5.82 Å². The molecule has 1 aromatic heterocycles. The fourth-order valence-electron chi connectivity index (χ4n) is 4.03. The molecule has 2 aromatic rings. The molecule has 0 N–H and O–H groups in total. The van der Waals surface area contributed by atoms with E-state index >= 15 is 0 Å². The highest BCUT2D eigenvalue weighted by Gasteiger charge is 2.18. The van der Waals surface area contributed by atoms with Gasteiger partial charge in [0, 0.05) is 26.2 Å². The summed E-state index contributed by atoms with van der Waals surface area (Å²) >= 11 is 0. The predicted octanol–water partition coefficient (Wildman–Crippen LogP) is 3.48. The standard InChI is InChI=1S/C22H29FN4O/c23-18-7-1-4-10-21(18)27-14-12-26(13-15-27)11-5-6-16-28-22-17-24-19-8-2-3-9-20(19)25-22/h1,4,7,10,17H,2-3,5-6,8-9,11-16H2. The Morgan fingerprint density at radius 3 is 2.57 bits per heavy atom. The van der Waals surface area contributed by atoms with Gasteiger partial charge in [0.05, 0.1) is 29.9 Å². The molecule has 0 saturated carbocycles. The molecule has 28 heavy (non-hydrogen) atoms. The Labute approximate surface area is 166 Å². The van der Waals surface area contributed by atoms with Crippen LogP contribution in [0.15, 0.2) is 30.5 Å². The summed E-state index contributed by atoms with van der Waals surface area (Å²) in [7, 11) is 0. The van der Waals surface area contributed by atoms with Gasteiger partial charge >= 0.3 is 0 Å². The molecule has 1 aromatic carbocycles. The molecule has 0 atom stereocenters. The summed E-state index contributed by atoms with van der Waals surface area (Å²) in [5.41, 5.74) is 2.99. The van der Waals surface area contributed by atoms with E-state index in [1.807, 2.05) is 12.1 Å². The van der Waals surface area contributed by atoms with Gasteiger partial charge in [0.25, 0.3) is 0 Å². The van der Waals surface area contributed by atoms with Gasteiger partial charge in [-0.2, -0.15) is 0 Å². The topological polar surface area (TPSA) is 41.5 Å². The minimum absolute atomic E-state index is 0.127. The number of hydrogen-bond acceptors (Lipinski definition) is 5. The molecule has 0 spiro atoms. The van der Waals surface area contributed by atoms with E-state index in [1.54, 1.807) is 12.3 Å². The van der Waals surface area contributed by atoms with Crippen LogP contribution in [0.5, 0.6) is 5.88 Å². The van der Waals surface area contributed by atoms with Crippen molar-refractivity contribution < 1.29 is 9.13 Å². The van der Waals surface area contributed by atoms with Gasteiger partial charge in [0.15, 0.2) is 0 Å². The Hall–Kier alpha value is -2.21. The van der Waals surface area contributed by atoms with Gasteiger partial charge in [0.1, 0.15) is 5.82 Å². The Balaban J connectivity index is 1.14. The molecule has 0 bridgehead atoms. The highest BCUT2D eigenvalue weighted by atomic mass is 19.1. The van der Waals surface area contributed by atoms with Crippen molar-refractivity contribution in [3.05, 3.63) is 47.7 Å². The third kappa shape index (κ3) is 4.79. The van der Waals surface area contributed by atoms with Gasteiger partial charge in [-0.15, -0.1) is 0 Å². The van der Waals surface area contributed by atoms with Gasteiger partial charge in [-0.1, -0.05) is 12.1 Å². The maximum absolute atomic E-state index is 13.9. The summed E-state index contributed by atoms with van der Waals surface area (Å²) in [5.74, 6) is 0.539. The zero-order chi connectivity index (χ0) is 19.2. The van der Waals surface area contributed by atoms with Crippen LogP contribution in [-0.2, 0) is 12.8 Å². The lowest BCUT2D eigenvalue weighted by molar-refractivity contribution is 0.235. The van der Waals surface area contributed by atoms with Gasteiger partial charge in [-0.3, -0.25) is 9.88 Å². The Kier molecular flexibility index (Phi) is 6.37. The first-order valence-electron chi connectivity index (χ1n) is 10.5. The van der Waals surface area contributed by atoms with Crippen LogP contribution in [0.4, 0.5) is 10.1 Å². The summed E-state index contributed by atoms with van der Waals surface area (Å²) < 4.78 is 19.7. The van der Waals surface area contributed by atoms with Gasteiger partial charge < -0.3 is 9.64 Å². The SMILES string of the molecule is Fc1ccccc1N1CCN(CCCCOc2cnc3c(n2)CCCC3)CC1. The summed E-state index contributed by atoms with van der Waals surface area (Å²) in [4.78, 5) is 13.7. The van der Waals surface area contributed by atoms with Gasteiger partial charge in [0.2, 0.25) is 5.88 Å². The molecule has 1 aliphatic heterocycles. The minimum Gasteiger partial charge on any atom is -0.477 e. The van der Waals surface area contributed by atoms with Crippen LogP contribution in [0.1, 0.15) is 37.1 Å². The molecule has 5 nitrogen and oxygen atoms in total. The van der Waals surface area contributed by atoms with Crippen molar-refractivity contribution >= 4 is 5.69 Å². The maximum Gasteiger partial charge on any atom is 0.232 e. The molecule has 6 heteroatoms. The third-order valence-electron chi connectivity index (χ3n) is 5.67. The van der Waals surface area contributed by atoms with E-state index in [2.05, 4.69) is 19.8 Å². The third-order valence-corrected chi connectivity index (χ3v) is 5.67. The van der Waals surface area contributed by atoms with E-state index in [0.29, 0.717) is 12.5 Å². The normalized spacial score (nSPS) is 17.4. The van der Waals surface area contributed by atoms with Crippen LogP contribution >= 0.6 is 0 Å². The largest absolute Gasteiger partial charge is 0.477 e. The molecule has 0 radical (unpaired) electrons. The van der Waals surface area contributed by atoms with E-state index in [4.69, 9.17) is 4.74 Å². The number of fused-ring (bicyclic) bond motifs is 1. The quantitative estimate of drug-likeness (QED) is 0.684. The van der Waals surface area contributed by atoms with Crippen molar-refractivity contribution in [3.8, 4) is 5.88 Å². The van der Waals surface area contributed by atoms with Crippen LogP contribution in [0.3, 0.4) is 0 Å². The Bertz CT molecular complexity index is 777. The summed E-state index contributed by atoms with van der Waals surface area (Å²) in [6.45, 7) is 5.45. The lowest BCUT2D eigenvalue weighted by Crippen LogP contribution is -2.46. The number of rotatable bonds is 7. The second kappa shape index (κ2) is 9.32. The van der Waals surface area contributed by atoms with E-state index in [9.17, 15) is 4.39 Å². The van der Waals surface area contributed by atoms with Gasteiger partial charge in [-0.25, -0.2) is 9.37 Å². The molecule has 0 amide bonds. The predicted molar refractivity (Wildman–Crippen MR) is 108 cm³/mol. The molecule has 2 heterocycles. The average molecular weight is 384 g/mol. The smallest absolute Gasteiger partial charge is 0.232 e. The van der Waals surface area contributed by atoms with Crippen molar-refractivity contribution in [3.63, 3.8) is 0 Å².